The minimum Gasteiger partial charge on any atom is -0.461 e. The summed E-state index contributed by atoms with van der Waals surface area (Å²) >= 11 is 1.17. The lowest BCUT2D eigenvalue weighted by Crippen LogP contribution is -2.41. The number of halogens is 5. The molecule has 1 aliphatic rings. The number of β-amino-alcohol motifs (C(OH)–C–C–N with tert-alkyl or cyclic N) is 1. The monoisotopic (exact) mass is 624 g/mol. The molecule has 0 radical (unpaired) electrons. The lowest BCUT2D eigenvalue weighted by Gasteiger charge is -2.33. The van der Waals surface area contributed by atoms with E-state index >= 15 is 0 Å². The van der Waals surface area contributed by atoms with Gasteiger partial charge in [-0.1, -0.05) is 24.0 Å². The van der Waals surface area contributed by atoms with E-state index in [-0.39, 0.29) is 40.0 Å². The number of nitrogens with zero attached hydrogens (tertiary/aromatic N) is 1. The van der Waals surface area contributed by atoms with Crippen molar-refractivity contribution in [2.75, 3.05) is 50.7 Å². The quantitative estimate of drug-likeness (QED) is 0.175. The maximum atomic E-state index is 14.5. The van der Waals surface area contributed by atoms with Gasteiger partial charge in [-0.15, -0.1) is 11.3 Å². The number of hydrogen-bond acceptors (Lipinski definition) is 7. The van der Waals surface area contributed by atoms with Crippen molar-refractivity contribution in [3.8, 4) is 17.6 Å². The van der Waals surface area contributed by atoms with Gasteiger partial charge in [0.15, 0.2) is 0 Å². The minimum absolute atomic E-state index is 0.0370. The number of benzene rings is 2. The fraction of sp³-hybridized carbons (Fsp3) is 0.433. The predicted molar refractivity (Wildman–Crippen MR) is 158 cm³/mol. The highest BCUT2D eigenvalue weighted by Crippen LogP contribution is 2.39. The van der Waals surface area contributed by atoms with Gasteiger partial charge in [-0.05, 0) is 42.8 Å². The molecular formula is C30H33F5N4O3S. The number of carbonyl (C=O) groups is 1. The van der Waals surface area contributed by atoms with Crippen LogP contribution in [0.4, 0.5) is 33.3 Å². The first kappa shape index (κ1) is 32.3. The first-order valence-electron chi connectivity index (χ1n) is 13.7. The van der Waals surface area contributed by atoms with Gasteiger partial charge < -0.3 is 30.7 Å². The number of thiophene rings is 1. The van der Waals surface area contributed by atoms with Crippen molar-refractivity contribution in [1.82, 2.24) is 10.2 Å². The molecule has 1 atom stereocenters. The Bertz CT molecular complexity index is 1490. The number of nitrogens with one attached hydrogen (secondary N) is 3. The molecule has 2 aromatic carbocycles. The third-order valence-electron chi connectivity index (χ3n) is 6.99. The van der Waals surface area contributed by atoms with Gasteiger partial charge >= 0.3 is 6.18 Å². The Morgan fingerprint density at radius 3 is 2.63 bits per heavy atom. The average molecular weight is 625 g/mol. The maximum absolute atomic E-state index is 14.5. The Morgan fingerprint density at radius 2 is 1.98 bits per heavy atom. The van der Waals surface area contributed by atoms with Gasteiger partial charge in [0.05, 0.1) is 45.6 Å². The van der Waals surface area contributed by atoms with Crippen LogP contribution in [0.5, 0.6) is 5.75 Å². The topological polar surface area (TPSA) is 85.9 Å². The summed E-state index contributed by atoms with van der Waals surface area (Å²) in [6.07, 6.45) is -4.34. The average Bonchev–Trinajstić information content (AvgIpc) is 3.29. The number of aliphatic hydroxyl groups is 1. The lowest BCUT2D eigenvalue weighted by molar-refractivity contribution is -0.126. The first-order chi connectivity index (χ1) is 20.5. The van der Waals surface area contributed by atoms with E-state index in [1.165, 1.54) is 18.4 Å². The molecule has 13 heteroatoms. The molecule has 3 aromatic rings. The van der Waals surface area contributed by atoms with E-state index in [9.17, 15) is 31.9 Å². The predicted octanol–water partition coefficient (Wildman–Crippen LogP) is 5.53. The highest BCUT2D eigenvalue weighted by atomic mass is 32.1. The highest BCUT2D eigenvalue weighted by Gasteiger charge is 2.31. The number of likely N-dealkylation sites (tertiary alicyclic amines) is 1. The van der Waals surface area contributed by atoms with Crippen LogP contribution >= 0.6 is 11.3 Å². The van der Waals surface area contributed by atoms with Crippen LogP contribution in [-0.4, -0.2) is 74.3 Å². The second kappa shape index (κ2) is 14.2. The van der Waals surface area contributed by atoms with E-state index in [0.29, 0.717) is 16.6 Å². The summed E-state index contributed by atoms with van der Waals surface area (Å²) in [7, 11) is 1.32. The molecule has 1 fully saturated rings. The summed E-state index contributed by atoms with van der Waals surface area (Å²) in [6.45, 7) is 2.63. The van der Waals surface area contributed by atoms with Crippen molar-refractivity contribution in [3.05, 3.63) is 52.2 Å². The molecule has 43 heavy (non-hydrogen) atoms. The molecule has 0 aliphatic carbocycles. The molecule has 1 saturated heterocycles. The highest BCUT2D eigenvalue weighted by molar-refractivity contribution is 7.20. The molecule has 1 unspecified atom stereocenters. The van der Waals surface area contributed by atoms with Gasteiger partial charge in [0.2, 0.25) is 6.86 Å². The van der Waals surface area contributed by atoms with E-state index in [2.05, 4.69) is 32.7 Å². The fourth-order valence-electron chi connectivity index (χ4n) is 5.06. The number of amides is 1. The standard InChI is InChI=1S/C30H33F5N4O3S/c1-18(40)16-39-11-8-19(9-12-39)38-24-6-3-5-20-22(15-30(33,34)35)27(43-28(20)24)7-4-10-37-25-14-23(32)21(29(41)36-2)13-26(25)42-17-31/h3,5-6,13-14,18-19,37-38,40H,8-12,15-17H2,1-2H3,(H,36,41). The summed E-state index contributed by atoms with van der Waals surface area (Å²) in [5.74, 6) is 3.91. The summed E-state index contributed by atoms with van der Waals surface area (Å²) in [4.78, 5) is 14.3. The Hall–Kier alpha value is -3.60. The van der Waals surface area contributed by atoms with Crippen LogP contribution in [0.2, 0.25) is 0 Å². The summed E-state index contributed by atoms with van der Waals surface area (Å²) < 4.78 is 73.8. The molecule has 1 aromatic heterocycles. The molecule has 4 N–H and O–H groups in total. The van der Waals surface area contributed by atoms with E-state index in [1.54, 1.807) is 19.1 Å². The molecule has 0 spiro atoms. The Balaban J connectivity index is 1.56. The van der Waals surface area contributed by atoms with Gasteiger partial charge in [0, 0.05) is 38.8 Å². The number of hydrogen-bond donors (Lipinski definition) is 4. The van der Waals surface area contributed by atoms with Crippen molar-refractivity contribution in [2.24, 2.45) is 0 Å². The molecule has 4 rings (SSSR count). The normalized spacial score (nSPS) is 15.1. The second-order valence-corrected chi connectivity index (χ2v) is 11.3. The van der Waals surface area contributed by atoms with Crippen LogP contribution in [0.15, 0.2) is 30.3 Å². The van der Waals surface area contributed by atoms with Crippen molar-refractivity contribution in [3.63, 3.8) is 0 Å². The summed E-state index contributed by atoms with van der Waals surface area (Å²) in [5.41, 5.74) is 0.526. The molecule has 232 valence electrons. The number of rotatable bonds is 10. The van der Waals surface area contributed by atoms with E-state index in [4.69, 9.17) is 4.74 Å². The SMILES string of the molecule is CNC(=O)c1cc(OCF)c(NCC#Cc2sc3c(NC4CCN(CC(C)O)CC4)cccc3c2CC(F)(F)F)cc1F. The van der Waals surface area contributed by atoms with Crippen LogP contribution < -0.4 is 20.7 Å². The van der Waals surface area contributed by atoms with Crippen LogP contribution in [0, 0.1) is 17.7 Å². The number of ether oxygens (including phenoxy) is 1. The zero-order valence-corrected chi connectivity index (χ0v) is 24.5. The van der Waals surface area contributed by atoms with Crippen LogP contribution in [-0.2, 0) is 6.42 Å². The third kappa shape index (κ3) is 8.49. The zero-order chi connectivity index (χ0) is 31.1. The molecule has 2 heterocycles. The third-order valence-corrected chi connectivity index (χ3v) is 8.18. The van der Waals surface area contributed by atoms with Crippen molar-refractivity contribution in [1.29, 1.82) is 0 Å². The number of anilines is 2. The van der Waals surface area contributed by atoms with E-state index in [1.807, 2.05) is 6.07 Å². The largest absolute Gasteiger partial charge is 0.461 e. The smallest absolute Gasteiger partial charge is 0.393 e. The van der Waals surface area contributed by atoms with Crippen LogP contribution in [0.3, 0.4) is 0 Å². The van der Waals surface area contributed by atoms with E-state index in [0.717, 1.165) is 43.8 Å². The Labute approximate surface area is 250 Å². The van der Waals surface area contributed by atoms with Crippen LogP contribution in [0.25, 0.3) is 10.1 Å². The molecule has 1 aliphatic heterocycles. The van der Waals surface area contributed by atoms with Gasteiger partial charge in [0.1, 0.15) is 11.6 Å². The van der Waals surface area contributed by atoms with Gasteiger partial charge in [-0.3, -0.25) is 4.79 Å². The van der Waals surface area contributed by atoms with Crippen LogP contribution in [0.1, 0.15) is 40.6 Å². The van der Waals surface area contributed by atoms with Gasteiger partial charge in [0.25, 0.3) is 5.91 Å². The van der Waals surface area contributed by atoms with Gasteiger partial charge in [-0.2, -0.15) is 13.2 Å². The fourth-order valence-corrected chi connectivity index (χ4v) is 6.23. The van der Waals surface area contributed by atoms with Crippen molar-refractivity contribution >= 4 is 38.7 Å². The lowest BCUT2D eigenvalue weighted by atomic mass is 10.0. The number of piperidine rings is 1. The zero-order valence-electron chi connectivity index (χ0n) is 23.7. The van der Waals surface area contributed by atoms with Crippen molar-refractivity contribution < 1.29 is 36.6 Å². The molecule has 7 nitrogen and oxygen atoms in total. The molecule has 0 saturated carbocycles. The van der Waals surface area contributed by atoms with Gasteiger partial charge in [-0.25, -0.2) is 8.78 Å². The minimum atomic E-state index is -4.45. The molecular weight excluding hydrogens is 591 g/mol. The number of fused-ring (bicyclic) bond motifs is 1. The van der Waals surface area contributed by atoms with E-state index < -0.39 is 37.3 Å². The summed E-state index contributed by atoms with van der Waals surface area (Å²) in [6, 6.07) is 7.40. The number of alkyl halides is 4. The number of aliphatic hydroxyl groups excluding tert-OH is 1. The molecule has 1 amide bonds. The number of carbonyl (C=O) groups excluding carboxylic acids is 1. The Morgan fingerprint density at radius 1 is 1.23 bits per heavy atom. The molecule has 0 bridgehead atoms. The summed E-state index contributed by atoms with van der Waals surface area (Å²) in [5, 5.41) is 18.7. The van der Waals surface area contributed by atoms with Crippen molar-refractivity contribution in [2.45, 2.75) is 44.5 Å². The Kier molecular flexibility index (Phi) is 10.7. The second-order valence-electron chi connectivity index (χ2n) is 10.3. The first-order valence-corrected chi connectivity index (χ1v) is 14.6. The maximum Gasteiger partial charge on any atom is 0.393 e.